The Kier molecular flexibility index (Phi) is 6.65. The van der Waals surface area contributed by atoms with Gasteiger partial charge >= 0.3 is 0 Å². The molecule has 3 amide bonds. The summed E-state index contributed by atoms with van der Waals surface area (Å²) in [5, 5.41) is 9.87. The van der Waals surface area contributed by atoms with E-state index in [2.05, 4.69) is 20.7 Å². The summed E-state index contributed by atoms with van der Waals surface area (Å²) < 4.78 is 15.1. The summed E-state index contributed by atoms with van der Waals surface area (Å²) in [5.74, 6) is -2.67. The number of carbonyl (C=O) groups is 4. The average molecular weight is 529 g/mol. The van der Waals surface area contributed by atoms with E-state index in [4.69, 9.17) is 5.73 Å². The molecule has 0 bridgehead atoms. The number of nitrogens with zero attached hydrogens (tertiary/aromatic N) is 3. The quantitative estimate of drug-likeness (QED) is 0.314. The van der Waals surface area contributed by atoms with Crippen molar-refractivity contribution in [1.29, 1.82) is 0 Å². The van der Waals surface area contributed by atoms with Crippen LogP contribution in [0.2, 0.25) is 0 Å². The number of fused-ring (bicyclic) bond motifs is 2. The standard InChI is InChI=1S/C28H25FN6O4/c1-14-17(15(2)36)4-5-19-18(14)6-8-22(19)34-28(39)24-12-23(33-25-9-10-32-35(24)25)27(38)31-13-16-3-7-21(29)20(11-16)26(30)37/h3-5,7,9-12,22H,6,8,13H2,1-2H3,(H2,30,37)(H,31,38)(H,34,39)/t22-/m0/s1. The van der Waals surface area contributed by atoms with Gasteiger partial charge in [-0.3, -0.25) is 19.2 Å². The normalized spacial score (nSPS) is 14.2. The number of ketones is 1. The van der Waals surface area contributed by atoms with E-state index in [-0.39, 0.29) is 35.3 Å². The van der Waals surface area contributed by atoms with Crippen molar-refractivity contribution in [2.24, 2.45) is 5.73 Å². The lowest BCUT2D eigenvalue weighted by atomic mass is 9.96. The molecule has 1 aliphatic carbocycles. The van der Waals surface area contributed by atoms with Crippen LogP contribution < -0.4 is 16.4 Å². The SMILES string of the molecule is CC(=O)c1ccc2c(c1C)CC[C@@H]2NC(=O)c1cc(C(=O)NCc2ccc(F)c(C(N)=O)c2)nc2ccnn12. The zero-order valence-corrected chi connectivity index (χ0v) is 21.2. The Balaban J connectivity index is 1.37. The number of amides is 3. The molecule has 2 aromatic carbocycles. The van der Waals surface area contributed by atoms with E-state index in [1.165, 1.54) is 35.8 Å². The van der Waals surface area contributed by atoms with Gasteiger partial charge in [0.25, 0.3) is 17.7 Å². The number of aromatic nitrogens is 3. The lowest BCUT2D eigenvalue weighted by Crippen LogP contribution is -2.30. The lowest BCUT2D eigenvalue weighted by molar-refractivity contribution is 0.0926. The molecular formula is C28H25FN6O4. The number of carbonyl (C=O) groups excluding carboxylic acids is 4. The van der Waals surface area contributed by atoms with Gasteiger partial charge in [-0.1, -0.05) is 18.2 Å². The Morgan fingerprint density at radius 2 is 1.87 bits per heavy atom. The van der Waals surface area contributed by atoms with Crippen molar-refractivity contribution in [2.75, 3.05) is 0 Å². The van der Waals surface area contributed by atoms with Crippen molar-refractivity contribution < 1.29 is 23.6 Å². The molecule has 1 aliphatic rings. The molecule has 0 spiro atoms. The molecule has 4 aromatic rings. The zero-order chi connectivity index (χ0) is 27.8. The lowest BCUT2D eigenvalue weighted by Gasteiger charge is -2.16. The van der Waals surface area contributed by atoms with Gasteiger partial charge in [-0.25, -0.2) is 13.9 Å². The van der Waals surface area contributed by atoms with E-state index in [0.717, 1.165) is 29.2 Å². The predicted octanol–water partition coefficient (Wildman–Crippen LogP) is 2.83. The molecule has 11 heteroatoms. The molecule has 0 radical (unpaired) electrons. The minimum Gasteiger partial charge on any atom is -0.366 e. The second kappa shape index (κ2) is 10.1. The summed E-state index contributed by atoms with van der Waals surface area (Å²) >= 11 is 0. The van der Waals surface area contributed by atoms with E-state index in [1.54, 1.807) is 12.1 Å². The maximum absolute atomic E-state index is 13.8. The predicted molar refractivity (Wildman–Crippen MR) is 139 cm³/mol. The first-order valence-electron chi connectivity index (χ1n) is 12.3. The van der Waals surface area contributed by atoms with Crippen LogP contribution in [-0.2, 0) is 13.0 Å². The van der Waals surface area contributed by atoms with E-state index >= 15 is 0 Å². The van der Waals surface area contributed by atoms with E-state index in [0.29, 0.717) is 23.2 Å². The van der Waals surface area contributed by atoms with Crippen molar-refractivity contribution in [3.8, 4) is 0 Å². The number of Topliss-reactive ketones (excluding diaryl/α,β-unsaturated/α-hetero) is 1. The molecule has 0 fully saturated rings. The molecule has 1 atom stereocenters. The molecule has 2 heterocycles. The second-order valence-corrected chi connectivity index (χ2v) is 9.42. The molecule has 0 aliphatic heterocycles. The fourth-order valence-electron chi connectivity index (χ4n) is 4.98. The van der Waals surface area contributed by atoms with Crippen LogP contribution in [0.15, 0.2) is 48.7 Å². The number of benzene rings is 2. The van der Waals surface area contributed by atoms with Crippen LogP contribution in [0.25, 0.3) is 5.65 Å². The summed E-state index contributed by atoms with van der Waals surface area (Å²) in [6, 6.07) is 10.1. The van der Waals surface area contributed by atoms with Crippen LogP contribution >= 0.6 is 0 Å². The third-order valence-corrected chi connectivity index (χ3v) is 6.95. The van der Waals surface area contributed by atoms with Crippen LogP contribution in [0.1, 0.15) is 83.3 Å². The highest BCUT2D eigenvalue weighted by atomic mass is 19.1. The molecular weight excluding hydrogens is 503 g/mol. The van der Waals surface area contributed by atoms with Crippen LogP contribution in [0.5, 0.6) is 0 Å². The third kappa shape index (κ3) is 4.86. The summed E-state index contributed by atoms with van der Waals surface area (Å²) in [7, 11) is 0. The van der Waals surface area contributed by atoms with Gasteiger partial charge < -0.3 is 16.4 Å². The van der Waals surface area contributed by atoms with Gasteiger partial charge in [-0.2, -0.15) is 5.10 Å². The minimum absolute atomic E-state index is 0.000751. The number of nitrogens with one attached hydrogen (secondary N) is 2. The fourth-order valence-corrected chi connectivity index (χ4v) is 4.98. The van der Waals surface area contributed by atoms with Gasteiger partial charge in [-0.05, 0) is 61.1 Å². The molecule has 10 nitrogen and oxygen atoms in total. The Hall–Kier alpha value is -4.93. The molecule has 0 saturated carbocycles. The summed E-state index contributed by atoms with van der Waals surface area (Å²) in [5.41, 5.74) is 9.42. The molecule has 0 unspecified atom stereocenters. The highest BCUT2D eigenvalue weighted by Gasteiger charge is 2.28. The Labute approximate surface area is 222 Å². The monoisotopic (exact) mass is 528 g/mol. The summed E-state index contributed by atoms with van der Waals surface area (Å²) in [4.78, 5) is 54.0. The molecule has 2 aromatic heterocycles. The van der Waals surface area contributed by atoms with Crippen molar-refractivity contribution in [1.82, 2.24) is 25.2 Å². The first-order chi connectivity index (χ1) is 18.6. The van der Waals surface area contributed by atoms with Crippen molar-refractivity contribution >= 4 is 29.2 Å². The average Bonchev–Trinajstić information content (AvgIpc) is 3.54. The fraction of sp³-hybridized carbons (Fsp3) is 0.214. The third-order valence-electron chi connectivity index (χ3n) is 6.95. The number of halogens is 1. The molecule has 4 N–H and O–H groups in total. The molecule has 198 valence electrons. The van der Waals surface area contributed by atoms with Crippen LogP contribution in [0.3, 0.4) is 0 Å². The van der Waals surface area contributed by atoms with Crippen molar-refractivity contribution in [3.63, 3.8) is 0 Å². The van der Waals surface area contributed by atoms with E-state index in [1.807, 2.05) is 13.0 Å². The van der Waals surface area contributed by atoms with Gasteiger partial charge in [0, 0.05) is 24.2 Å². The van der Waals surface area contributed by atoms with Crippen LogP contribution in [0.4, 0.5) is 4.39 Å². The van der Waals surface area contributed by atoms with Crippen LogP contribution in [0, 0.1) is 12.7 Å². The highest BCUT2D eigenvalue weighted by Crippen LogP contribution is 2.35. The number of rotatable bonds is 7. The van der Waals surface area contributed by atoms with Gasteiger partial charge in [0.05, 0.1) is 17.8 Å². The van der Waals surface area contributed by atoms with Gasteiger partial charge in [-0.15, -0.1) is 0 Å². The Morgan fingerprint density at radius 3 is 2.62 bits per heavy atom. The van der Waals surface area contributed by atoms with Crippen LogP contribution in [-0.4, -0.2) is 38.1 Å². The maximum Gasteiger partial charge on any atom is 0.270 e. The van der Waals surface area contributed by atoms with E-state index in [9.17, 15) is 23.6 Å². The Morgan fingerprint density at radius 1 is 1.08 bits per heavy atom. The second-order valence-electron chi connectivity index (χ2n) is 9.42. The number of hydrogen-bond donors (Lipinski definition) is 3. The molecule has 5 rings (SSSR count). The minimum atomic E-state index is -0.913. The topological polar surface area (TPSA) is 149 Å². The van der Waals surface area contributed by atoms with Crippen molar-refractivity contribution in [3.05, 3.63) is 99.2 Å². The largest absolute Gasteiger partial charge is 0.366 e. The van der Waals surface area contributed by atoms with Gasteiger partial charge in [0.2, 0.25) is 0 Å². The van der Waals surface area contributed by atoms with Crippen molar-refractivity contribution in [2.45, 2.75) is 39.3 Å². The molecule has 39 heavy (non-hydrogen) atoms. The highest BCUT2D eigenvalue weighted by molar-refractivity contribution is 5.99. The number of hydrogen-bond acceptors (Lipinski definition) is 6. The van der Waals surface area contributed by atoms with Gasteiger partial charge in [0.1, 0.15) is 17.2 Å². The van der Waals surface area contributed by atoms with E-state index < -0.39 is 23.5 Å². The summed E-state index contributed by atoms with van der Waals surface area (Å²) in [6.07, 6.45) is 2.88. The van der Waals surface area contributed by atoms with Gasteiger partial charge in [0.15, 0.2) is 11.4 Å². The summed E-state index contributed by atoms with van der Waals surface area (Å²) in [6.45, 7) is 3.43. The number of nitrogens with two attached hydrogens (primary N) is 1. The zero-order valence-electron chi connectivity index (χ0n) is 21.2. The first-order valence-corrected chi connectivity index (χ1v) is 12.3. The maximum atomic E-state index is 13.8. The first kappa shape index (κ1) is 25.7. The number of primary amides is 1. The molecule has 0 saturated heterocycles. The smallest absolute Gasteiger partial charge is 0.270 e. The Bertz CT molecular complexity index is 1680.